The van der Waals surface area contributed by atoms with Crippen LogP contribution >= 0.6 is 0 Å². The molecule has 2 aliphatic rings. The summed E-state index contributed by atoms with van der Waals surface area (Å²) in [7, 11) is -1.61. The molecular formula is C21H32N2O4S. The molecule has 1 saturated heterocycles. The molecule has 0 bridgehead atoms. The minimum absolute atomic E-state index is 0.00640. The second-order valence-electron chi connectivity index (χ2n) is 8.22. The average Bonchev–Trinajstić information content (AvgIpc) is 2.69. The molecule has 1 aliphatic heterocycles. The summed E-state index contributed by atoms with van der Waals surface area (Å²) >= 11 is 0. The fourth-order valence-electron chi connectivity index (χ4n) is 4.44. The molecule has 1 amide bonds. The number of amides is 1. The van der Waals surface area contributed by atoms with Crippen molar-refractivity contribution < 1.29 is 18.3 Å². The molecule has 0 unspecified atom stereocenters. The number of hydrogen-bond acceptors (Lipinski definition) is 4. The lowest BCUT2D eigenvalue weighted by molar-refractivity contribution is -0.141. The van der Waals surface area contributed by atoms with Gasteiger partial charge in [0, 0.05) is 26.1 Å². The second kappa shape index (κ2) is 8.93. The van der Waals surface area contributed by atoms with Gasteiger partial charge in [-0.25, -0.2) is 12.7 Å². The number of nitrogens with zero attached hydrogens (tertiary/aromatic N) is 2. The van der Waals surface area contributed by atoms with Crippen molar-refractivity contribution in [1.82, 2.24) is 9.21 Å². The maximum absolute atomic E-state index is 12.9. The van der Waals surface area contributed by atoms with Crippen molar-refractivity contribution in [2.24, 2.45) is 5.92 Å². The SMILES string of the molecule is Cc1ccccc1CS(=O)(=O)N1CCC(C(=O)N(C)[C@@H]2CCCC[C@H]2O)CC1. The zero-order valence-electron chi connectivity index (χ0n) is 16.9. The van der Waals surface area contributed by atoms with Gasteiger partial charge in [0.15, 0.2) is 0 Å². The van der Waals surface area contributed by atoms with Gasteiger partial charge in [-0.1, -0.05) is 37.1 Å². The highest BCUT2D eigenvalue weighted by Gasteiger charge is 2.36. The van der Waals surface area contributed by atoms with Gasteiger partial charge in [-0.05, 0) is 43.7 Å². The quantitative estimate of drug-likeness (QED) is 0.811. The van der Waals surface area contributed by atoms with Crippen LogP contribution < -0.4 is 0 Å². The monoisotopic (exact) mass is 408 g/mol. The van der Waals surface area contributed by atoms with Crippen molar-refractivity contribution in [3.05, 3.63) is 35.4 Å². The van der Waals surface area contributed by atoms with Gasteiger partial charge < -0.3 is 10.0 Å². The molecule has 0 aromatic heterocycles. The Balaban J connectivity index is 1.57. The van der Waals surface area contributed by atoms with E-state index in [1.54, 1.807) is 11.9 Å². The van der Waals surface area contributed by atoms with Crippen LogP contribution in [0.2, 0.25) is 0 Å². The van der Waals surface area contributed by atoms with Crippen molar-refractivity contribution in [3.8, 4) is 0 Å². The number of hydrogen-bond donors (Lipinski definition) is 1. The molecule has 1 aromatic rings. The maximum Gasteiger partial charge on any atom is 0.225 e. The number of aliphatic hydroxyl groups excluding tert-OH is 1. The predicted octanol–water partition coefficient (Wildman–Crippen LogP) is 2.30. The standard InChI is InChI=1S/C21H32N2O4S/c1-16-7-3-4-8-18(16)15-28(26,27)23-13-11-17(12-14-23)21(25)22(2)19-9-5-6-10-20(19)24/h3-4,7-8,17,19-20,24H,5-6,9-15H2,1-2H3/t19-,20-/m1/s1. The summed E-state index contributed by atoms with van der Waals surface area (Å²) in [5, 5.41) is 10.2. The van der Waals surface area contributed by atoms with Crippen molar-refractivity contribution >= 4 is 15.9 Å². The Bertz CT molecular complexity index is 787. The molecule has 6 nitrogen and oxygen atoms in total. The highest BCUT2D eigenvalue weighted by atomic mass is 32.2. The van der Waals surface area contributed by atoms with Crippen LogP contribution in [-0.2, 0) is 20.6 Å². The third kappa shape index (κ3) is 4.75. The van der Waals surface area contributed by atoms with E-state index in [2.05, 4.69) is 0 Å². The number of likely N-dealkylation sites (N-methyl/N-ethyl adjacent to an activating group) is 1. The Morgan fingerprint density at radius 1 is 1.14 bits per heavy atom. The fraction of sp³-hybridized carbons (Fsp3) is 0.667. The first-order chi connectivity index (χ1) is 13.3. The molecule has 0 spiro atoms. The van der Waals surface area contributed by atoms with E-state index in [-0.39, 0.29) is 23.6 Å². The van der Waals surface area contributed by atoms with Gasteiger partial charge in [0.25, 0.3) is 0 Å². The molecule has 3 rings (SSSR count). The summed E-state index contributed by atoms with van der Waals surface area (Å²) in [4.78, 5) is 14.6. The Labute approximate surface area is 168 Å². The number of carbonyl (C=O) groups excluding carboxylic acids is 1. The van der Waals surface area contributed by atoms with Crippen LogP contribution in [-0.4, -0.2) is 60.9 Å². The van der Waals surface area contributed by atoms with E-state index < -0.39 is 16.1 Å². The van der Waals surface area contributed by atoms with E-state index in [1.165, 1.54) is 4.31 Å². The highest BCUT2D eigenvalue weighted by molar-refractivity contribution is 7.88. The number of carbonyl (C=O) groups is 1. The fourth-order valence-corrected chi connectivity index (χ4v) is 6.10. The molecule has 0 radical (unpaired) electrons. The zero-order chi connectivity index (χ0) is 20.3. The highest BCUT2D eigenvalue weighted by Crippen LogP contribution is 2.27. The normalized spacial score (nSPS) is 24.8. The molecule has 2 fully saturated rings. The molecule has 28 heavy (non-hydrogen) atoms. The van der Waals surface area contributed by atoms with Gasteiger partial charge in [0.1, 0.15) is 0 Å². The van der Waals surface area contributed by atoms with Gasteiger partial charge in [-0.3, -0.25) is 4.79 Å². The van der Waals surface area contributed by atoms with Crippen LogP contribution in [0.25, 0.3) is 0 Å². The van der Waals surface area contributed by atoms with Crippen molar-refractivity contribution in [2.75, 3.05) is 20.1 Å². The summed E-state index contributed by atoms with van der Waals surface area (Å²) in [6, 6.07) is 7.43. The molecule has 1 aliphatic carbocycles. The number of sulfonamides is 1. The summed E-state index contributed by atoms with van der Waals surface area (Å²) in [6.07, 6.45) is 4.27. The lowest BCUT2D eigenvalue weighted by Gasteiger charge is -2.38. The van der Waals surface area contributed by atoms with Crippen LogP contribution in [0.15, 0.2) is 24.3 Å². The number of aryl methyl sites for hydroxylation is 1. The van der Waals surface area contributed by atoms with Crippen LogP contribution in [0.3, 0.4) is 0 Å². The molecule has 156 valence electrons. The third-order valence-electron chi connectivity index (χ3n) is 6.33. The molecule has 7 heteroatoms. The third-order valence-corrected chi connectivity index (χ3v) is 8.16. The average molecular weight is 409 g/mol. The molecular weight excluding hydrogens is 376 g/mol. The number of piperidine rings is 1. The summed E-state index contributed by atoms with van der Waals surface area (Å²) in [6.45, 7) is 2.68. The number of aliphatic hydroxyl groups is 1. The molecule has 1 saturated carbocycles. The Morgan fingerprint density at radius 2 is 1.79 bits per heavy atom. The largest absolute Gasteiger partial charge is 0.391 e. The molecule has 2 atom stereocenters. The summed E-state index contributed by atoms with van der Waals surface area (Å²) < 4.78 is 27.1. The minimum atomic E-state index is -3.39. The number of rotatable bonds is 5. The van der Waals surface area contributed by atoms with E-state index >= 15 is 0 Å². The smallest absolute Gasteiger partial charge is 0.225 e. The first-order valence-corrected chi connectivity index (χ1v) is 11.9. The molecule has 1 heterocycles. The lowest BCUT2D eigenvalue weighted by Crippen LogP contribution is -2.50. The van der Waals surface area contributed by atoms with E-state index in [4.69, 9.17) is 0 Å². The predicted molar refractivity (Wildman–Crippen MR) is 109 cm³/mol. The Morgan fingerprint density at radius 3 is 2.43 bits per heavy atom. The maximum atomic E-state index is 12.9. The van der Waals surface area contributed by atoms with Gasteiger partial charge >= 0.3 is 0 Å². The zero-order valence-corrected chi connectivity index (χ0v) is 17.7. The van der Waals surface area contributed by atoms with Crippen LogP contribution in [0.4, 0.5) is 0 Å². The Hall–Kier alpha value is -1.44. The lowest BCUT2D eigenvalue weighted by atomic mass is 9.89. The van der Waals surface area contributed by atoms with Gasteiger partial charge in [-0.2, -0.15) is 0 Å². The van der Waals surface area contributed by atoms with Crippen LogP contribution in [0.5, 0.6) is 0 Å². The van der Waals surface area contributed by atoms with Gasteiger partial charge in [0.2, 0.25) is 15.9 Å². The van der Waals surface area contributed by atoms with Gasteiger partial charge in [-0.15, -0.1) is 0 Å². The summed E-state index contributed by atoms with van der Waals surface area (Å²) in [5.41, 5.74) is 1.80. The van der Waals surface area contributed by atoms with E-state index in [0.29, 0.717) is 25.9 Å². The Kier molecular flexibility index (Phi) is 6.78. The first-order valence-electron chi connectivity index (χ1n) is 10.3. The second-order valence-corrected chi connectivity index (χ2v) is 10.2. The van der Waals surface area contributed by atoms with Crippen molar-refractivity contribution in [1.29, 1.82) is 0 Å². The van der Waals surface area contributed by atoms with E-state index in [1.807, 2.05) is 31.2 Å². The van der Waals surface area contributed by atoms with E-state index in [0.717, 1.165) is 36.8 Å². The topological polar surface area (TPSA) is 77.9 Å². The molecule has 1 aromatic carbocycles. The van der Waals surface area contributed by atoms with Crippen molar-refractivity contribution in [3.63, 3.8) is 0 Å². The first kappa shape index (κ1) is 21.3. The van der Waals surface area contributed by atoms with Crippen LogP contribution in [0, 0.1) is 12.8 Å². The summed E-state index contributed by atoms with van der Waals surface area (Å²) in [5.74, 6) is -0.113. The van der Waals surface area contributed by atoms with Crippen molar-refractivity contribution in [2.45, 2.75) is 63.3 Å². The molecule has 1 N–H and O–H groups in total. The van der Waals surface area contributed by atoms with E-state index in [9.17, 15) is 18.3 Å². The number of benzene rings is 1. The van der Waals surface area contributed by atoms with Crippen LogP contribution in [0.1, 0.15) is 49.7 Å². The minimum Gasteiger partial charge on any atom is -0.391 e. The van der Waals surface area contributed by atoms with Gasteiger partial charge in [0.05, 0.1) is 17.9 Å².